The molecular weight excluding hydrogens is 671 g/mol. The molecule has 12 nitrogen and oxygen atoms in total. The fraction of sp³-hybridized carbons (Fsp3) is 0.412. The number of carbonyl (C=O) groups excluding carboxylic acids is 4. The van der Waals surface area contributed by atoms with Gasteiger partial charge < -0.3 is 37.9 Å². The molecule has 0 amide bonds. The summed E-state index contributed by atoms with van der Waals surface area (Å²) < 4.78 is 43.8. The van der Waals surface area contributed by atoms with Crippen molar-refractivity contribution in [3.63, 3.8) is 0 Å². The van der Waals surface area contributed by atoms with Crippen molar-refractivity contribution in [3.8, 4) is 34.5 Å². The molecule has 6 rings (SSSR count). The highest BCUT2D eigenvalue weighted by atomic mass is 35.5. The third kappa shape index (κ3) is 4.95. The van der Waals surface area contributed by atoms with Crippen LogP contribution in [-0.2, 0) is 19.1 Å². The van der Waals surface area contributed by atoms with Gasteiger partial charge >= 0.3 is 0 Å². The fourth-order valence-electron chi connectivity index (χ4n) is 6.60. The van der Waals surface area contributed by atoms with Crippen LogP contribution in [0.3, 0.4) is 0 Å². The summed E-state index contributed by atoms with van der Waals surface area (Å²) in [6.07, 6.45) is 2.95. The van der Waals surface area contributed by atoms with E-state index < -0.39 is 23.0 Å². The van der Waals surface area contributed by atoms with Crippen molar-refractivity contribution < 1.29 is 57.1 Å². The van der Waals surface area contributed by atoms with E-state index in [4.69, 9.17) is 61.1 Å². The summed E-state index contributed by atoms with van der Waals surface area (Å²) in [5.74, 6) is 0.214. The second kappa shape index (κ2) is 12.9. The molecular formula is C34H34Cl2O12. The second-order valence-corrected chi connectivity index (χ2v) is 12.3. The van der Waals surface area contributed by atoms with E-state index in [1.807, 2.05) is 0 Å². The topological polar surface area (TPSA) is 142 Å². The molecule has 48 heavy (non-hydrogen) atoms. The molecule has 0 N–H and O–H groups in total. The third-order valence-corrected chi connectivity index (χ3v) is 9.71. The molecule has 2 aromatic carbocycles. The number of rotatable bonds is 6. The average Bonchev–Trinajstić information content (AvgIpc) is 3.55. The zero-order chi connectivity index (χ0) is 35.3. The van der Waals surface area contributed by atoms with E-state index in [-0.39, 0.29) is 80.2 Å². The lowest BCUT2D eigenvalue weighted by atomic mass is 9.75. The molecule has 2 aromatic rings. The zero-order valence-electron chi connectivity index (χ0n) is 27.5. The highest BCUT2D eigenvalue weighted by Gasteiger charge is 2.61. The van der Waals surface area contributed by atoms with Crippen LogP contribution in [0.1, 0.15) is 47.4 Å². The number of hydrogen-bond donors (Lipinski definition) is 0. The molecule has 4 atom stereocenters. The smallest absolute Gasteiger partial charge is 0.231 e. The van der Waals surface area contributed by atoms with Crippen molar-refractivity contribution in [1.29, 1.82) is 0 Å². The minimum atomic E-state index is -1.42. The Hall–Kier alpha value is -4.42. The first kappa shape index (κ1) is 34.9. The Labute approximate surface area is 286 Å². The van der Waals surface area contributed by atoms with Gasteiger partial charge in [0, 0.05) is 49.0 Å². The van der Waals surface area contributed by atoms with E-state index in [0.29, 0.717) is 23.0 Å². The van der Waals surface area contributed by atoms with Crippen LogP contribution in [0.25, 0.3) is 0 Å². The molecule has 0 radical (unpaired) electrons. The predicted molar refractivity (Wildman–Crippen MR) is 172 cm³/mol. The monoisotopic (exact) mass is 704 g/mol. The minimum Gasteiger partial charge on any atom is -0.496 e. The van der Waals surface area contributed by atoms with E-state index in [1.165, 1.54) is 66.9 Å². The normalized spacial score (nSPS) is 25.2. The van der Waals surface area contributed by atoms with Gasteiger partial charge in [0.1, 0.15) is 44.2 Å². The Morgan fingerprint density at radius 2 is 0.917 bits per heavy atom. The largest absolute Gasteiger partial charge is 0.496 e. The highest BCUT2D eigenvalue weighted by molar-refractivity contribution is 6.35. The van der Waals surface area contributed by atoms with Crippen LogP contribution < -0.4 is 28.4 Å². The van der Waals surface area contributed by atoms with Crippen molar-refractivity contribution in [1.82, 2.24) is 0 Å². The van der Waals surface area contributed by atoms with Crippen LogP contribution in [0.2, 0.25) is 10.0 Å². The summed E-state index contributed by atoms with van der Waals surface area (Å²) in [5.41, 5.74) is -2.39. The van der Waals surface area contributed by atoms with Crippen LogP contribution in [-0.4, -0.2) is 77.0 Å². The number of halogens is 2. The van der Waals surface area contributed by atoms with Crippen molar-refractivity contribution in [3.05, 3.63) is 57.0 Å². The fourth-order valence-corrected chi connectivity index (χ4v) is 7.13. The van der Waals surface area contributed by atoms with Crippen LogP contribution in [0.4, 0.5) is 0 Å². The summed E-state index contributed by atoms with van der Waals surface area (Å²) in [4.78, 5) is 50.2. The molecule has 0 saturated heterocycles. The standard InChI is InChI=1S/2C17H17ClO6/c2*1-8-5-9(19)6-12(23-4)17(8)16(20)13-10(21-2)7-11(22-3)14(18)15(13)24-17/h2*6-8H,5H2,1-4H3/t2*8-,17+/m11/s1. The van der Waals surface area contributed by atoms with Gasteiger partial charge in [0.15, 0.2) is 34.6 Å². The van der Waals surface area contributed by atoms with E-state index in [0.717, 1.165) is 0 Å². The van der Waals surface area contributed by atoms with Crippen LogP contribution in [0.15, 0.2) is 35.8 Å². The molecule has 2 aliphatic heterocycles. The molecule has 0 fully saturated rings. The van der Waals surface area contributed by atoms with E-state index in [1.54, 1.807) is 13.8 Å². The summed E-state index contributed by atoms with van der Waals surface area (Å²) in [7, 11) is 8.62. The number of Topliss-reactive ketones (excluding diaryl/α,β-unsaturated/α-hetero) is 2. The molecule has 0 bridgehead atoms. The highest BCUT2D eigenvalue weighted by Crippen LogP contribution is 2.56. The molecule has 2 heterocycles. The summed E-state index contributed by atoms with van der Waals surface area (Å²) in [6, 6.07) is 3.08. The van der Waals surface area contributed by atoms with E-state index in [9.17, 15) is 19.2 Å². The van der Waals surface area contributed by atoms with Crippen molar-refractivity contribution in [2.45, 2.75) is 37.9 Å². The van der Waals surface area contributed by atoms with Crippen molar-refractivity contribution in [2.75, 3.05) is 42.7 Å². The number of ether oxygens (including phenoxy) is 8. The van der Waals surface area contributed by atoms with Crippen LogP contribution in [0.5, 0.6) is 34.5 Å². The van der Waals surface area contributed by atoms with Gasteiger partial charge in [-0.3, -0.25) is 19.2 Å². The van der Waals surface area contributed by atoms with Gasteiger partial charge in [0.05, 0.1) is 42.7 Å². The number of allylic oxidation sites excluding steroid dienone is 2. The lowest BCUT2D eigenvalue weighted by molar-refractivity contribution is -0.119. The van der Waals surface area contributed by atoms with E-state index in [2.05, 4.69) is 0 Å². The first-order valence-corrected chi connectivity index (χ1v) is 15.5. The molecule has 0 aromatic heterocycles. The number of ketones is 4. The van der Waals surface area contributed by atoms with Crippen molar-refractivity contribution >= 4 is 46.3 Å². The average molecular weight is 706 g/mol. The van der Waals surface area contributed by atoms with Gasteiger partial charge in [-0.2, -0.15) is 0 Å². The quantitative estimate of drug-likeness (QED) is 0.368. The van der Waals surface area contributed by atoms with Crippen molar-refractivity contribution in [2.24, 2.45) is 11.8 Å². The maximum Gasteiger partial charge on any atom is 0.231 e. The minimum absolute atomic E-state index is 0.118. The number of fused-ring (bicyclic) bond motifs is 2. The number of carbonyl (C=O) groups is 4. The first-order chi connectivity index (χ1) is 22.8. The lowest BCUT2D eigenvalue weighted by Crippen LogP contribution is -2.51. The summed E-state index contributed by atoms with van der Waals surface area (Å²) in [5, 5.41) is 0.358. The molecule has 256 valence electrons. The molecule has 0 saturated carbocycles. The van der Waals surface area contributed by atoms with Gasteiger partial charge in [0.25, 0.3) is 0 Å². The summed E-state index contributed by atoms with van der Waals surface area (Å²) in [6.45, 7) is 3.54. The Morgan fingerprint density at radius 3 is 1.21 bits per heavy atom. The SMILES string of the molecule is COC1=CC(=O)C[C@@H](C)[C@]12Oc1c(Cl)c(OC)cc(OC)c1C2=O.COC1=CC(=O)C[C@@H](C)[C@]12Oc1c(Cl)c(OC)cc(OC)c1C2=O. The molecule has 4 aliphatic rings. The zero-order valence-corrected chi connectivity index (χ0v) is 29.0. The number of benzene rings is 2. The van der Waals surface area contributed by atoms with Crippen LogP contribution in [0, 0.1) is 11.8 Å². The predicted octanol–water partition coefficient (Wildman–Crippen LogP) is 5.62. The maximum atomic E-state index is 13.3. The molecule has 0 unspecified atom stereocenters. The van der Waals surface area contributed by atoms with Gasteiger partial charge in [-0.1, -0.05) is 37.0 Å². The van der Waals surface area contributed by atoms with Gasteiger partial charge in [-0.05, 0) is 0 Å². The van der Waals surface area contributed by atoms with E-state index >= 15 is 0 Å². The number of methoxy groups -OCH3 is 6. The number of hydrogen-bond acceptors (Lipinski definition) is 12. The summed E-state index contributed by atoms with van der Waals surface area (Å²) >= 11 is 12.7. The maximum absolute atomic E-state index is 13.3. The van der Waals surface area contributed by atoms with Gasteiger partial charge in [0.2, 0.25) is 22.8 Å². The van der Waals surface area contributed by atoms with Gasteiger partial charge in [-0.15, -0.1) is 0 Å². The Balaban J connectivity index is 0.000000188. The Kier molecular flexibility index (Phi) is 9.37. The van der Waals surface area contributed by atoms with Crippen LogP contribution >= 0.6 is 23.2 Å². The lowest BCUT2D eigenvalue weighted by Gasteiger charge is -2.36. The molecule has 14 heteroatoms. The Bertz CT molecular complexity index is 1670. The molecule has 2 spiro atoms. The van der Waals surface area contributed by atoms with Gasteiger partial charge in [-0.25, -0.2) is 0 Å². The second-order valence-electron chi connectivity index (χ2n) is 11.5. The molecule has 2 aliphatic carbocycles. The third-order valence-electron chi connectivity index (χ3n) is 9.00. The first-order valence-electron chi connectivity index (χ1n) is 14.8. The Morgan fingerprint density at radius 1 is 0.583 bits per heavy atom.